The zero-order chi connectivity index (χ0) is 12.7. The number of hydrogen-bond donors (Lipinski definition) is 0. The first-order valence-electron chi connectivity index (χ1n) is 4.47. The summed E-state index contributed by atoms with van der Waals surface area (Å²) in [5.41, 5.74) is 0.605. The van der Waals surface area contributed by atoms with Gasteiger partial charge in [0.1, 0.15) is 7.11 Å². The second kappa shape index (κ2) is 7.64. The van der Waals surface area contributed by atoms with Crippen molar-refractivity contribution in [1.29, 1.82) is 0 Å². The van der Waals surface area contributed by atoms with Crippen LogP contribution >= 0.6 is 45.8 Å². The Labute approximate surface area is 123 Å². The first-order valence-corrected chi connectivity index (χ1v) is 6.30. The standard InChI is InChI=1S/C11H8Cl2INO2/c1-16-15-11(17-6-2-5-14)9-4-3-8(12)7-10(9)13/h3-4,7H,6H2,1H3. The van der Waals surface area contributed by atoms with Crippen LogP contribution in [-0.4, -0.2) is 19.6 Å². The smallest absolute Gasteiger partial charge is 0.260 e. The number of rotatable bonds is 3. The lowest BCUT2D eigenvalue weighted by atomic mass is 10.2. The van der Waals surface area contributed by atoms with E-state index in [4.69, 9.17) is 32.8 Å². The third-order valence-electron chi connectivity index (χ3n) is 1.68. The summed E-state index contributed by atoms with van der Waals surface area (Å²) in [7, 11) is 1.43. The number of benzene rings is 1. The molecule has 0 bridgehead atoms. The van der Waals surface area contributed by atoms with E-state index in [0.717, 1.165) is 0 Å². The Kier molecular flexibility index (Phi) is 6.48. The highest BCUT2D eigenvalue weighted by Gasteiger charge is 2.10. The molecule has 17 heavy (non-hydrogen) atoms. The maximum atomic E-state index is 6.03. The summed E-state index contributed by atoms with van der Waals surface area (Å²) in [4.78, 5) is 4.70. The van der Waals surface area contributed by atoms with Gasteiger partial charge in [0.2, 0.25) is 0 Å². The van der Waals surface area contributed by atoms with Crippen LogP contribution in [0.3, 0.4) is 0 Å². The van der Waals surface area contributed by atoms with Crippen molar-refractivity contribution in [2.45, 2.75) is 0 Å². The van der Waals surface area contributed by atoms with E-state index >= 15 is 0 Å². The highest BCUT2D eigenvalue weighted by molar-refractivity contribution is 14.1. The molecule has 0 aliphatic rings. The largest absolute Gasteiger partial charge is 0.462 e. The molecule has 90 valence electrons. The number of oxime groups is 1. The van der Waals surface area contributed by atoms with E-state index in [-0.39, 0.29) is 12.5 Å². The zero-order valence-electron chi connectivity index (χ0n) is 8.84. The summed E-state index contributed by atoms with van der Waals surface area (Å²) in [6.07, 6.45) is 0. The van der Waals surface area contributed by atoms with Crippen molar-refractivity contribution in [2.24, 2.45) is 5.16 Å². The van der Waals surface area contributed by atoms with Crippen LogP contribution in [0, 0.1) is 9.85 Å². The molecule has 0 radical (unpaired) electrons. The van der Waals surface area contributed by atoms with Gasteiger partial charge in [-0.25, -0.2) is 0 Å². The average molecular weight is 384 g/mol. The summed E-state index contributed by atoms with van der Waals surface area (Å²) < 4.78 is 8.03. The molecule has 0 saturated carbocycles. The Hall–Kier alpha value is -0.640. The summed E-state index contributed by atoms with van der Waals surface area (Å²) in [5.74, 6) is 3.02. The van der Waals surface area contributed by atoms with Gasteiger partial charge in [-0.05, 0) is 27.3 Å². The Morgan fingerprint density at radius 3 is 2.82 bits per heavy atom. The third-order valence-corrected chi connectivity index (χ3v) is 2.61. The van der Waals surface area contributed by atoms with Crippen molar-refractivity contribution in [1.82, 2.24) is 0 Å². The van der Waals surface area contributed by atoms with Crippen LogP contribution in [0.4, 0.5) is 0 Å². The molecule has 0 atom stereocenters. The Balaban J connectivity index is 2.96. The van der Waals surface area contributed by atoms with Gasteiger partial charge in [-0.3, -0.25) is 0 Å². The zero-order valence-corrected chi connectivity index (χ0v) is 12.5. The second-order valence-corrected chi connectivity index (χ2v) is 4.15. The van der Waals surface area contributed by atoms with Crippen LogP contribution in [0.2, 0.25) is 10.0 Å². The average Bonchev–Trinajstić information content (AvgIpc) is 2.28. The van der Waals surface area contributed by atoms with Gasteiger partial charge in [0.25, 0.3) is 5.90 Å². The maximum absolute atomic E-state index is 6.03. The molecule has 6 heteroatoms. The third kappa shape index (κ3) is 4.62. The van der Waals surface area contributed by atoms with Crippen molar-refractivity contribution < 1.29 is 9.57 Å². The lowest BCUT2D eigenvalue weighted by molar-refractivity contribution is 0.196. The number of hydrogen-bond acceptors (Lipinski definition) is 3. The first-order chi connectivity index (χ1) is 8.19. The van der Waals surface area contributed by atoms with Gasteiger partial charge in [-0.2, -0.15) is 0 Å². The van der Waals surface area contributed by atoms with Crippen LogP contribution in [0.5, 0.6) is 0 Å². The molecule has 0 N–H and O–H groups in total. The van der Waals surface area contributed by atoms with E-state index in [1.807, 2.05) is 22.6 Å². The van der Waals surface area contributed by atoms with E-state index in [0.29, 0.717) is 15.6 Å². The SMILES string of the molecule is CON=C(OCC#CI)c1ccc(Cl)cc1Cl. The van der Waals surface area contributed by atoms with Crippen LogP contribution in [-0.2, 0) is 9.57 Å². The number of ether oxygens (including phenoxy) is 1. The summed E-state index contributed by atoms with van der Waals surface area (Å²) in [6.45, 7) is 0.212. The topological polar surface area (TPSA) is 30.8 Å². The molecule has 0 spiro atoms. The Morgan fingerprint density at radius 1 is 1.47 bits per heavy atom. The molecule has 0 amide bonds. The molecule has 0 saturated heterocycles. The fourth-order valence-corrected chi connectivity index (χ4v) is 1.68. The predicted molar refractivity (Wildman–Crippen MR) is 77.8 cm³/mol. The molecular weight excluding hydrogens is 376 g/mol. The summed E-state index contributed by atoms with van der Waals surface area (Å²) in [5, 5.41) is 4.74. The van der Waals surface area contributed by atoms with Crippen LogP contribution in [0.25, 0.3) is 0 Å². The molecule has 1 aromatic rings. The number of halogens is 3. The second-order valence-electron chi connectivity index (χ2n) is 2.76. The minimum atomic E-state index is 0.212. The van der Waals surface area contributed by atoms with E-state index in [1.165, 1.54) is 7.11 Å². The quantitative estimate of drug-likeness (QED) is 0.262. The van der Waals surface area contributed by atoms with Crippen LogP contribution in [0.1, 0.15) is 5.56 Å². The van der Waals surface area contributed by atoms with Crippen LogP contribution < -0.4 is 0 Å². The molecule has 0 aliphatic heterocycles. The minimum absolute atomic E-state index is 0.212. The maximum Gasteiger partial charge on any atom is 0.260 e. The van der Waals surface area contributed by atoms with Gasteiger partial charge in [0, 0.05) is 27.6 Å². The van der Waals surface area contributed by atoms with Gasteiger partial charge in [0.15, 0.2) is 6.61 Å². The molecule has 3 nitrogen and oxygen atoms in total. The monoisotopic (exact) mass is 383 g/mol. The molecule has 0 heterocycles. The fourth-order valence-electron chi connectivity index (χ4n) is 1.03. The lowest BCUT2D eigenvalue weighted by Gasteiger charge is -2.07. The van der Waals surface area contributed by atoms with Crippen LogP contribution in [0.15, 0.2) is 23.4 Å². The molecule has 0 unspecified atom stereocenters. The van der Waals surface area contributed by atoms with E-state index < -0.39 is 0 Å². The molecule has 0 aromatic heterocycles. The molecule has 0 fully saturated rings. The van der Waals surface area contributed by atoms with Gasteiger partial charge in [-0.15, -0.1) is 0 Å². The molecular formula is C11H8Cl2INO2. The van der Waals surface area contributed by atoms with E-state index in [1.54, 1.807) is 18.2 Å². The van der Waals surface area contributed by atoms with Crippen molar-refractivity contribution in [3.05, 3.63) is 33.8 Å². The Morgan fingerprint density at radius 2 is 2.24 bits per heavy atom. The first kappa shape index (κ1) is 14.4. The van der Waals surface area contributed by atoms with E-state index in [9.17, 15) is 0 Å². The van der Waals surface area contributed by atoms with Gasteiger partial charge < -0.3 is 9.57 Å². The number of nitrogens with zero attached hydrogens (tertiary/aromatic N) is 1. The van der Waals surface area contributed by atoms with Crippen molar-refractivity contribution >= 4 is 51.7 Å². The molecule has 0 aliphatic carbocycles. The minimum Gasteiger partial charge on any atom is -0.462 e. The van der Waals surface area contributed by atoms with Crippen molar-refractivity contribution in [3.8, 4) is 9.85 Å². The van der Waals surface area contributed by atoms with Crippen molar-refractivity contribution in [2.75, 3.05) is 13.7 Å². The Bertz CT molecular complexity index is 480. The van der Waals surface area contributed by atoms with Crippen molar-refractivity contribution in [3.63, 3.8) is 0 Å². The normalized spacial score (nSPS) is 10.5. The summed E-state index contributed by atoms with van der Waals surface area (Å²) >= 11 is 13.8. The molecule has 1 rings (SSSR count). The summed E-state index contributed by atoms with van der Waals surface area (Å²) in [6, 6.07) is 5.01. The van der Waals surface area contributed by atoms with Gasteiger partial charge >= 0.3 is 0 Å². The predicted octanol–water partition coefficient (Wildman–Crippen LogP) is 3.71. The molecule has 1 aromatic carbocycles. The highest BCUT2D eigenvalue weighted by atomic mass is 127. The van der Waals surface area contributed by atoms with E-state index in [2.05, 4.69) is 15.0 Å². The highest BCUT2D eigenvalue weighted by Crippen LogP contribution is 2.22. The van der Waals surface area contributed by atoms with Gasteiger partial charge in [0.05, 0.1) is 10.6 Å². The fraction of sp³-hybridized carbons (Fsp3) is 0.182. The lowest BCUT2D eigenvalue weighted by Crippen LogP contribution is -2.08. The van der Waals surface area contributed by atoms with Gasteiger partial charge in [-0.1, -0.05) is 29.1 Å².